The second-order valence-corrected chi connectivity index (χ2v) is 9.62. The molecule has 1 aromatic rings. The first kappa shape index (κ1) is 20.6. The molecule has 5 rings (SSSR count). The fourth-order valence-corrected chi connectivity index (χ4v) is 5.16. The molecular formula is C24H34N4O3. The van der Waals surface area contributed by atoms with Gasteiger partial charge in [-0.2, -0.15) is 0 Å². The Bertz CT molecular complexity index is 834. The number of amides is 3. The summed E-state index contributed by atoms with van der Waals surface area (Å²) >= 11 is 0. The molecule has 0 bridgehead atoms. The summed E-state index contributed by atoms with van der Waals surface area (Å²) in [6.07, 6.45) is 5.98. The van der Waals surface area contributed by atoms with E-state index < -0.39 is 0 Å². The molecule has 0 atom stereocenters. The predicted molar refractivity (Wildman–Crippen MR) is 118 cm³/mol. The van der Waals surface area contributed by atoms with Crippen LogP contribution in [0.3, 0.4) is 0 Å². The van der Waals surface area contributed by atoms with Crippen molar-refractivity contribution in [3.05, 3.63) is 29.3 Å². The lowest BCUT2D eigenvalue weighted by atomic mass is 9.91. The van der Waals surface area contributed by atoms with Crippen LogP contribution in [0.25, 0.3) is 0 Å². The average Bonchev–Trinajstić information content (AvgIpc) is 2.94. The minimum atomic E-state index is 0.0882. The van der Waals surface area contributed by atoms with Gasteiger partial charge in [0, 0.05) is 70.4 Å². The summed E-state index contributed by atoms with van der Waals surface area (Å²) < 4.78 is 6.01. The second kappa shape index (κ2) is 8.69. The van der Waals surface area contributed by atoms with Gasteiger partial charge in [0.1, 0.15) is 5.75 Å². The Hall–Kier alpha value is -2.28. The van der Waals surface area contributed by atoms with Gasteiger partial charge in [0.05, 0.1) is 6.61 Å². The first-order valence-electron chi connectivity index (χ1n) is 11.9. The van der Waals surface area contributed by atoms with E-state index in [0.717, 1.165) is 81.6 Å². The molecule has 0 N–H and O–H groups in total. The van der Waals surface area contributed by atoms with Gasteiger partial charge in [-0.1, -0.05) is 6.42 Å². The summed E-state index contributed by atoms with van der Waals surface area (Å²) in [6, 6.07) is 6.74. The first-order valence-corrected chi connectivity index (χ1v) is 11.9. The molecule has 4 aliphatic rings. The number of rotatable bonds is 4. The number of nitrogens with zero attached hydrogens (tertiary/aromatic N) is 4. The zero-order chi connectivity index (χ0) is 21.4. The minimum Gasteiger partial charge on any atom is -0.493 e. The van der Waals surface area contributed by atoms with Crippen LogP contribution in [-0.2, 0) is 6.42 Å². The van der Waals surface area contributed by atoms with Gasteiger partial charge in [0.25, 0.3) is 5.91 Å². The van der Waals surface area contributed by atoms with Crippen molar-refractivity contribution >= 4 is 11.9 Å². The molecule has 3 aliphatic heterocycles. The van der Waals surface area contributed by atoms with Gasteiger partial charge in [-0.25, -0.2) is 4.79 Å². The number of urea groups is 1. The summed E-state index contributed by atoms with van der Waals surface area (Å²) in [5, 5.41) is 0. The van der Waals surface area contributed by atoms with Crippen LogP contribution in [0.2, 0.25) is 0 Å². The highest BCUT2D eigenvalue weighted by Gasteiger charge is 2.35. The van der Waals surface area contributed by atoms with E-state index in [4.69, 9.17) is 4.74 Å². The van der Waals surface area contributed by atoms with E-state index in [1.54, 1.807) is 4.90 Å². The predicted octanol–water partition coefficient (Wildman–Crippen LogP) is 2.31. The molecule has 3 heterocycles. The average molecular weight is 427 g/mol. The summed E-state index contributed by atoms with van der Waals surface area (Å²) in [6.45, 7) is 6.81. The topological polar surface area (TPSA) is 56.3 Å². The molecule has 1 saturated carbocycles. The lowest BCUT2D eigenvalue weighted by Crippen LogP contribution is -2.56. The highest BCUT2D eigenvalue weighted by Crippen LogP contribution is 2.27. The van der Waals surface area contributed by atoms with Crippen LogP contribution in [0.15, 0.2) is 18.2 Å². The van der Waals surface area contributed by atoms with Gasteiger partial charge >= 0.3 is 6.03 Å². The monoisotopic (exact) mass is 426 g/mol. The van der Waals surface area contributed by atoms with Crippen LogP contribution in [0, 0.1) is 5.92 Å². The number of likely N-dealkylation sites (N-methyl/N-ethyl adjacent to an activating group) is 1. The van der Waals surface area contributed by atoms with Gasteiger partial charge in [-0.15, -0.1) is 0 Å². The summed E-state index contributed by atoms with van der Waals surface area (Å²) in [4.78, 5) is 33.5. The van der Waals surface area contributed by atoms with Crippen molar-refractivity contribution in [3.8, 4) is 5.75 Å². The van der Waals surface area contributed by atoms with Gasteiger partial charge in [-0.3, -0.25) is 9.69 Å². The maximum absolute atomic E-state index is 12.9. The third-order valence-corrected chi connectivity index (χ3v) is 7.48. The molecule has 0 spiro atoms. The fraction of sp³-hybridized carbons (Fsp3) is 0.667. The highest BCUT2D eigenvalue weighted by molar-refractivity contribution is 5.96. The van der Waals surface area contributed by atoms with Crippen molar-refractivity contribution in [2.45, 2.75) is 38.1 Å². The standard InChI is InChI=1S/C24H34N4O3/c1-25-11-8-19-14-21(6-7-22(19)23(25)29)31-17-18-15-28(16-18)24(30)27-10-3-9-26(12-13-27)20-4-2-5-20/h6-7,14,18,20H,2-5,8-13,15-17H2,1H3. The van der Waals surface area contributed by atoms with Gasteiger partial charge in [-0.05, 0) is 49.4 Å². The Balaban J connectivity index is 1.07. The number of likely N-dealkylation sites (tertiary alicyclic amines) is 1. The SMILES string of the molecule is CN1CCc2cc(OCC3CN(C(=O)N4CCCN(C5CCC5)CC4)C3)ccc2C1=O. The number of hydrogen-bond acceptors (Lipinski definition) is 4. The van der Waals surface area contributed by atoms with Crippen LogP contribution in [-0.4, -0.2) is 97.0 Å². The molecule has 1 aromatic carbocycles. The molecule has 3 fully saturated rings. The molecule has 7 heteroatoms. The zero-order valence-corrected chi connectivity index (χ0v) is 18.6. The Morgan fingerprint density at radius 2 is 1.87 bits per heavy atom. The summed E-state index contributed by atoms with van der Waals surface area (Å²) in [5.74, 6) is 1.29. The molecule has 0 unspecified atom stereocenters. The highest BCUT2D eigenvalue weighted by atomic mass is 16.5. The molecule has 3 amide bonds. The van der Waals surface area contributed by atoms with Crippen molar-refractivity contribution in [2.24, 2.45) is 5.92 Å². The minimum absolute atomic E-state index is 0.0882. The Morgan fingerprint density at radius 3 is 2.65 bits per heavy atom. The van der Waals surface area contributed by atoms with E-state index in [1.165, 1.54) is 19.3 Å². The van der Waals surface area contributed by atoms with E-state index in [-0.39, 0.29) is 11.9 Å². The van der Waals surface area contributed by atoms with E-state index in [0.29, 0.717) is 12.5 Å². The Morgan fingerprint density at radius 1 is 1.03 bits per heavy atom. The van der Waals surface area contributed by atoms with Gasteiger partial charge in [0.15, 0.2) is 0 Å². The van der Waals surface area contributed by atoms with Crippen molar-refractivity contribution in [1.29, 1.82) is 0 Å². The largest absolute Gasteiger partial charge is 0.493 e. The number of carbonyl (C=O) groups excluding carboxylic acids is 2. The quantitative estimate of drug-likeness (QED) is 0.742. The van der Waals surface area contributed by atoms with Crippen LogP contribution < -0.4 is 4.74 Å². The Labute approximate surface area is 184 Å². The number of fused-ring (bicyclic) bond motifs is 1. The van der Waals surface area contributed by atoms with Crippen molar-refractivity contribution < 1.29 is 14.3 Å². The maximum Gasteiger partial charge on any atom is 0.320 e. The van der Waals surface area contributed by atoms with Crippen LogP contribution >= 0.6 is 0 Å². The van der Waals surface area contributed by atoms with Crippen molar-refractivity contribution in [2.75, 3.05) is 59.5 Å². The van der Waals surface area contributed by atoms with E-state index in [9.17, 15) is 9.59 Å². The molecular weight excluding hydrogens is 392 g/mol. The third kappa shape index (κ3) is 4.25. The molecule has 1 aliphatic carbocycles. The molecule has 31 heavy (non-hydrogen) atoms. The van der Waals surface area contributed by atoms with Gasteiger partial charge < -0.3 is 19.4 Å². The molecule has 0 radical (unpaired) electrons. The fourth-order valence-electron chi connectivity index (χ4n) is 5.16. The van der Waals surface area contributed by atoms with Crippen molar-refractivity contribution in [1.82, 2.24) is 19.6 Å². The molecule has 168 valence electrons. The number of carbonyl (C=O) groups is 2. The molecule has 0 aromatic heterocycles. The lowest BCUT2D eigenvalue weighted by molar-refractivity contribution is 0.0649. The third-order valence-electron chi connectivity index (χ3n) is 7.48. The molecule has 7 nitrogen and oxygen atoms in total. The summed E-state index contributed by atoms with van der Waals surface area (Å²) in [7, 11) is 1.84. The second-order valence-electron chi connectivity index (χ2n) is 9.62. The summed E-state index contributed by atoms with van der Waals surface area (Å²) in [5.41, 5.74) is 1.86. The van der Waals surface area contributed by atoms with Crippen LogP contribution in [0.5, 0.6) is 5.75 Å². The maximum atomic E-state index is 12.9. The first-order chi connectivity index (χ1) is 15.1. The smallest absolute Gasteiger partial charge is 0.320 e. The number of hydrogen-bond donors (Lipinski definition) is 0. The Kier molecular flexibility index (Phi) is 5.78. The van der Waals surface area contributed by atoms with E-state index in [2.05, 4.69) is 4.90 Å². The van der Waals surface area contributed by atoms with E-state index in [1.807, 2.05) is 35.0 Å². The number of ether oxygens (including phenoxy) is 1. The molecule has 2 saturated heterocycles. The van der Waals surface area contributed by atoms with Crippen LogP contribution in [0.1, 0.15) is 41.6 Å². The number of benzene rings is 1. The zero-order valence-electron chi connectivity index (χ0n) is 18.6. The lowest BCUT2D eigenvalue weighted by Gasteiger charge is -2.41. The normalized spacial score (nSPS) is 23.1. The van der Waals surface area contributed by atoms with Crippen molar-refractivity contribution in [3.63, 3.8) is 0 Å². The van der Waals surface area contributed by atoms with E-state index >= 15 is 0 Å². The van der Waals surface area contributed by atoms with Gasteiger partial charge in [0.2, 0.25) is 0 Å². The van der Waals surface area contributed by atoms with Crippen LogP contribution in [0.4, 0.5) is 4.79 Å².